The van der Waals surface area contributed by atoms with Crippen LogP contribution >= 0.6 is 0 Å². The lowest BCUT2D eigenvalue weighted by molar-refractivity contribution is -0.142. The molecule has 7 nitrogen and oxygen atoms in total. The third kappa shape index (κ3) is 10.6. The highest BCUT2D eigenvalue weighted by atomic mass is 16.6. The summed E-state index contributed by atoms with van der Waals surface area (Å²) in [6.45, 7) is 18.0. The number of benzene rings is 1. The number of hydrogen-bond donors (Lipinski definition) is 2. The molecule has 0 aliphatic rings. The Balaban J connectivity index is 3.38. The lowest BCUT2D eigenvalue weighted by Crippen LogP contribution is -2.51. The number of carbonyl (C=O) groups excluding carboxylic acids is 3. The second-order valence-corrected chi connectivity index (χ2v) is 11.2. The Morgan fingerprint density at radius 2 is 1.58 bits per heavy atom. The molecule has 7 heteroatoms. The smallest absolute Gasteiger partial charge is 0.408 e. The molecule has 2 atom stereocenters. The molecule has 1 aromatic carbocycles. The van der Waals surface area contributed by atoms with Crippen molar-refractivity contribution in [1.82, 2.24) is 15.5 Å². The van der Waals surface area contributed by atoms with E-state index in [4.69, 9.17) is 4.74 Å². The molecule has 204 valence electrons. The van der Waals surface area contributed by atoms with Gasteiger partial charge in [0.05, 0.1) is 0 Å². The highest BCUT2D eigenvalue weighted by Gasteiger charge is 2.36. The zero-order valence-electron chi connectivity index (χ0n) is 24.0. The molecule has 1 rings (SSSR count). The Bertz CT molecular complexity index is 840. The van der Waals surface area contributed by atoms with Gasteiger partial charge in [-0.05, 0) is 83.4 Å². The van der Waals surface area contributed by atoms with E-state index < -0.39 is 17.7 Å². The third-order valence-corrected chi connectivity index (χ3v) is 6.13. The van der Waals surface area contributed by atoms with Crippen LogP contribution < -0.4 is 10.6 Å². The molecular weight excluding hydrogens is 454 g/mol. The Labute approximate surface area is 218 Å². The molecule has 0 aliphatic heterocycles. The minimum atomic E-state index is -0.789. The maximum atomic E-state index is 13.7. The van der Waals surface area contributed by atoms with Gasteiger partial charge in [-0.3, -0.25) is 9.59 Å². The molecule has 1 aromatic rings. The van der Waals surface area contributed by atoms with Crippen molar-refractivity contribution in [2.75, 3.05) is 13.1 Å². The quantitative estimate of drug-likeness (QED) is 0.332. The molecule has 0 fully saturated rings. The Morgan fingerprint density at radius 3 is 2.11 bits per heavy atom. The zero-order chi connectivity index (χ0) is 27.5. The molecule has 0 aromatic heterocycles. The van der Waals surface area contributed by atoms with Crippen molar-refractivity contribution < 1.29 is 19.1 Å². The van der Waals surface area contributed by atoms with Gasteiger partial charge in [-0.25, -0.2) is 4.79 Å². The predicted molar refractivity (Wildman–Crippen MR) is 146 cm³/mol. The van der Waals surface area contributed by atoms with Crippen molar-refractivity contribution in [1.29, 1.82) is 0 Å². The van der Waals surface area contributed by atoms with Crippen LogP contribution in [-0.4, -0.2) is 47.5 Å². The first-order valence-electron chi connectivity index (χ1n) is 13.4. The number of nitrogens with zero attached hydrogens (tertiary/aromatic N) is 1. The molecular formula is C29H49N3O4. The normalized spacial score (nSPS) is 13.2. The van der Waals surface area contributed by atoms with E-state index in [1.165, 1.54) is 0 Å². The largest absolute Gasteiger partial charge is 0.444 e. The molecule has 2 unspecified atom stereocenters. The molecule has 0 spiro atoms. The minimum Gasteiger partial charge on any atom is -0.444 e. The van der Waals surface area contributed by atoms with Crippen LogP contribution in [0.3, 0.4) is 0 Å². The summed E-state index contributed by atoms with van der Waals surface area (Å²) in [4.78, 5) is 41.3. The van der Waals surface area contributed by atoms with Crippen molar-refractivity contribution >= 4 is 17.9 Å². The van der Waals surface area contributed by atoms with E-state index in [1.807, 2.05) is 39.0 Å². The molecule has 0 heterocycles. The molecule has 0 aliphatic carbocycles. The van der Waals surface area contributed by atoms with E-state index >= 15 is 0 Å². The SMILES string of the molecule is CCCCCNC(=O)C(c1c(C)cccc1C)N(C(=O)CNC(=O)OC(C)(C)C)C(C)CCC(C)C. The van der Waals surface area contributed by atoms with E-state index in [0.717, 1.165) is 48.8 Å². The van der Waals surface area contributed by atoms with Gasteiger partial charge in [-0.15, -0.1) is 0 Å². The lowest BCUT2D eigenvalue weighted by Gasteiger charge is -2.38. The highest BCUT2D eigenvalue weighted by Crippen LogP contribution is 2.31. The molecule has 0 saturated heterocycles. The lowest BCUT2D eigenvalue weighted by atomic mass is 9.92. The molecule has 0 saturated carbocycles. The van der Waals surface area contributed by atoms with Crippen LogP contribution in [0.1, 0.15) is 103 Å². The maximum absolute atomic E-state index is 13.7. The van der Waals surface area contributed by atoms with Crippen molar-refractivity contribution in [3.63, 3.8) is 0 Å². The Kier molecular flexibility index (Phi) is 13.0. The van der Waals surface area contributed by atoms with Crippen LogP contribution in [-0.2, 0) is 14.3 Å². The van der Waals surface area contributed by atoms with Crippen molar-refractivity contribution in [3.05, 3.63) is 34.9 Å². The van der Waals surface area contributed by atoms with Crippen LogP contribution in [0.25, 0.3) is 0 Å². The van der Waals surface area contributed by atoms with Crippen LogP contribution in [0, 0.1) is 19.8 Å². The van der Waals surface area contributed by atoms with E-state index in [-0.39, 0.29) is 24.4 Å². The molecule has 0 radical (unpaired) electrons. The number of amides is 3. The maximum Gasteiger partial charge on any atom is 0.408 e. The number of aryl methyl sites for hydroxylation is 2. The summed E-state index contributed by atoms with van der Waals surface area (Å²) in [7, 11) is 0. The zero-order valence-corrected chi connectivity index (χ0v) is 24.0. The third-order valence-electron chi connectivity index (χ3n) is 6.13. The van der Waals surface area contributed by atoms with Crippen molar-refractivity contribution in [2.45, 2.75) is 112 Å². The van der Waals surface area contributed by atoms with Crippen LogP contribution in [0.4, 0.5) is 4.79 Å². The van der Waals surface area contributed by atoms with E-state index in [1.54, 1.807) is 25.7 Å². The van der Waals surface area contributed by atoms with E-state index in [9.17, 15) is 14.4 Å². The second kappa shape index (κ2) is 14.9. The number of nitrogens with one attached hydrogen (secondary N) is 2. The van der Waals surface area contributed by atoms with Gasteiger partial charge in [0.2, 0.25) is 11.8 Å². The van der Waals surface area contributed by atoms with Gasteiger partial charge < -0.3 is 20.3 Å². The Hall–Kier alpha value is -2.57. The summed E-state index contributed by atoms with van der Waals surface area (Å²) >= 11 is 0. The summed E-state index contributed by atoms with van der Waals surface area (Å²) in [5.41, 5.74) is 2.08. The summed E-state index contributed by atoms with van der Waals surface area (Å²) in [6.07, 6.45) is 3.99. The van der Waals surface area contributed by atoms with Gasteiger partial charge >= 0.3 is 6.09 Å². The number of carbonyl (C=O) groups is 3. The van der Waals surface area contributed by atoms with Gasteiger partial charge in [0.15, 0.2) is 0 Å². The molecule has 36 heavy (non-hydrogen) atoms. The number of rotatable bonds is 13. The highest BCUT2D eigenvalue weighted by molar-refractivity contribution is 5.91. The van der Waals surface area contributed by atoms with Gasteiger partial charge in [0, 0.05) is 12.6 Å². The summed E-state index contributed by atoms with van der Waals surface area (Å²) in [5, 5.41) is 5.67. The molecule has 2 N–H and O–H groups in total. The van der Waals surface area contributed by atoms with Crippen molar-refractivity contribution in [2.24, 2.45) is 5.92 Å². The number of ether oxygens (including phenoxy) is 1. The fourth-order valence-electron chi connectivity index (χ4n) is 4.25. The fraction of sp³-hybridized carbons (Fsp3) is 0.690. The number of hydrogen-bond acceptors (Lipinski definition) is 4. The first-order valence-corrected chi connectivity index (χ1v) is 13.4. The van der Waals surface area contributed by atoms with E-state index in [0.29, 0.717) is 12.5 Å². The summed E-state index contributed by atoms with van der Waals surface area (Å²) in [6, 6.07) is 4.91. The number of alkyl carbamates (subject to hydrolysis) is 1. The molecule has 0 bridgehead atoms. The average molecular weight is 504 g/mol. The fourth-order valence-corrected chi connectivity index (χ4v) is 4.25. The van der Waals surface area contributed by atoms with Crippen LogP contribution in [0.5, 0.6) is 0 Å². The first kappa shape index (κ1) is 31.5. The monoisotopic (exact) mass is 503 g/mol. The van der Waals surface area contributed by atoms with E-state index in [2.05, 4.69) is 31.4 Å². The minimum absolute atomic E-state index is 0.189. The average Bonchev–Trinajstić information content (AvgIpc) is 2.76. The first-order chi connectivity index (χ1) is 16.8. The molecule has 3 amide bonds. The van der Waals surface area contributed by atoms with Gasteiger partial charge in [0.25, 0.3) is 0 Å². The van der Waals surface area contributed by atoms with Crippen LogP contribution in [0.2, 0.25) is 0 Å². The standard InChI is InChI=1S/C29H49N3O4/c1-10-11-12-18-30-27(34)26(25-21(4)14-13-15-22(25)5)32(23(6)17-16-20(2)3)24(33)19-31-28(35)36-29(7,8)9/h13-15,20,23,26H,10-12,16-19H2,1-9H3,(H,30,34)(H,31,35). The van der Waals surface area contributed by atoms with Crippen LogP contribution in [0.15, 0.2) is 18.2 Å². The summed E-state index contributed by atoms with van der Waals surface area (Å²) in [5.74, 6) is -0.0372. The van der Waals surface area contributed by atoms with Gasteiger partial charge in [-0.1, -0.05) is 51.8 Å². The summed E-state index contributed by atoms with van der Waals surface area (Å²) < 4.78 is 5.31. The van der Waals surface area contributed by atoms with Gasteiger partial charge in [0.1, 0.15) is 18.2 Å². The number of unbranched alkanes of at least 4 members (excludes halogenated alkanes) is 2. The van der Waals surface area contributed by atoms with Gasteiger partial charge in [-0.2, -0.15) is 0 Å². The Morgan fingerprint density at radius 1 is 0.972 bits per heavy atom. The van der Waals surface area contributed by atoms with Crippen molar-refractivity contribution in [3.8, 4) is 0 Å². The topological polar surface area (TPSA) is 87.7 Å². The predicted octanol–water partition coefficient (Wildman–Crippen LogP) is 5.83. The second-order valence-electron chi connectivity index (χ2n) is 11.2.